The molecule has 0 bridgehead atoms. The number of amides is 4. The lowest BCUT2D eigenvalue weighted by atomic mass is 10.0. The molecule has 4 atom stereocenters. The summed E-state index contributed by atoms with van der Waals surface area (Å²) in [6, 6.07) is 3.65. The van der Waals surface area contributed by atoms with Crippen LogP contribution in [0.4, 0.5) is 0 Å². The Balaban J connectivity index is 2.98. The third kappa shape index (κ3) is 11.5. The Labute approximate surface area is 214 Å². The van der Waals surface area contributed by atoms with Gasteiger partial charge in [0, 0.05) is 19.3 Å². The van der Waals surface area contributed by atoms with Crippen LogP contribution in [0.5, 0.6) is 0 Å². The molecule has 4 unspecified atom stereocenters. The summed E-state index contributed by atoms with van der Waals surface area (Å²) in [4.78, 5) is 72.2. The fourth-order valence-electron chi connectivity index (χ4n) is 3.34. The standard InChI is InChI=1S/C24H35N5O8/c1-13(2)20(29-21(33)15(25)8-11-19(31)32)23(35)27-16(9-10-18(26)30)22(34)28-17(24(36)37)12-14-6-4-3-5-7-14/h3-7,13,15-17,20H,8-12,25H2,1-2H3,(H2,26,30)(H,27,35)(H,28,34)(H,29,33)(H,31,32)(H,36,37). The number of hydrogen-bond acceptors (Lipinski definition) is 7. The Morgan fingerprint density at radius 3 is 1.92 bits per heavy atom. The molecule has 0 radical (unpaired) electrons. The summed E-state index contributed by atoms with van der Waals surface area (Å²) in [5.74, 6) is -5.97. The van der Waals surface area contributed by atoms with Crippen LogP contribution in [-0.2, 0) is 35.2 Å². The third-order valence-electron chi connectivity index (χ3n) is 5.46. The number of nitrogens with one attached hydrogen (secondary N) is 3. The highest BCUT2D eigenvalue weighted by Crippen LogP contribution is 2.08. The quantitative estimate of drug-likeness (QED) is 0.139. The first kappa shape index (κ1) is 31.0. The van der Waals surface area contributed by atoms with Gasteiger partial charge in [-0.3, -0.25) is 24.0 Å². The first-order valence-corrected chi connectivity index (χ1v) is 11.7. The lowest BCUT2D eigenvalue weighted by Gasteiger charge is -2.27. The van der Waals surface area contributed by atoms with Gasteiger partial charge in [0.15, 0.2) is 0 Å². The van der Waals surface area contributed by atoms with E-state index in [-0.39, 0.29) is 32.1 Å². The molecule has 204 valence electrons. The number of nitrogens with two attached hydrogens (primary N) is 2. The van der Waals surface area contributed by atoms with Gasteiger partial charge in [-0.25, -0.2) is 4.79 Å². The van der Waals surface area contributed by atoms with Gasteiger partial charge < -0.3 is 37.6 Å². The summed E-state index contributed by atoms with van der Waals surface area (Å²) in [5, 5.41) is 25.6. The van der Waals surface area contributed by atoms with Gasteiger partial charge in [0.25, 0.3) is 0 Å². The minimum atomic E-state index is -1.32. The largest absolute Gasteiger partial charge is 0.481 e. The summed E-state index contributed by atoms with van der Waals surface area (Å²) < 4.78 is 0. The number of hydrogen-bond donors (Lipinski definition) is 7. The van der Waals surface area contributed by atoms with E-state index in [1.54, 1.807) is 44.2 Å². The molecular weight excluding hydrogens is 486 g/mol. The van der Waals surface area contributed by atoms with Crippen molar-refractivity contribution in [1.29, 1.82) is 0 Å². The number of carbonyl (C=O) groups excluding carboxylic acids is 4. The van der Waals surface area contributed by atoms with E-state index < -0.39 is 65.7 Å². The van der Waals surface area contributed by atoms with Crippen molar-refractivity contribution in [3.63, 3.8) is 0 Å². The number of carbonyl (C=O) groups is 6. The van der Waals surface area contributed by atoms with Crippen LogP contribution in [0.2, 0.25) is 0 Å². The Bertz CT molecular complexity index is 969. The van der Waals surface area contributed by atoms with Gasteiger partial charge in [0.2, 0.25) is 23.6 Å². The van der Waals surface area contributed by atoms with Gasteiger partial charge in [-0.1, -0.05) is 44.2 Å². The lowest BCUT2D eigenvalue weighted by Crippen LogP contribution is -2.58. The highest BCUT2D eigenvalue weighted by atomic mass is 16.4. The van der Waals surface area contributed by atoms with E-state index in [1.807, 2.05) is 0 Å². The van der Waals surface area contributed by atoms with Crippen LogP contribution in [0, 0.1) is 5.92 Å². The molecule has 13 nitrogen and oxygen atoms in total. The van der Waals surface area contributed by atoms with Crippen molar-refractivity contribution < 1.29 is 39.0 Å². The second kappa shape index (κ2) is 15.2. The van der Waals surface area contributed by atoms with E-state index in [9.17, 15) is 33.9 Å². The number of rotatable bonds is 16. The third-order valence-corrected chi connectivity index (χ3v) is 5.46. The first-order valence-electron chi connectivity index (χ1n) is 11.7. The molecule has 0 heterocycles. The van der Waals surface area contributed by atoms with Crippen molar-refractivity contribution in [2.75, 3.05) is 0 Å². The van der Waals surface area contributed by atoms with E-state index >= 15 is 0 Å². The minimum absolute atomic E-state index is 0.0166. The van der Waals surface area contributed by atoms with Gasteiger partial charge in [-0.2, -0.15) is 0 Å². The molecule has 0 fully saturated rings. The van der Waals surface area contributed by atoms with Crippen molar-refractivity contribution in [1.82, 2.24) is 16.0 Å². The molecule has 0 aliphatic rings. The predicted octanol–water partition coefficient (Wildman–Crippen LogP) is -1.12. The van der Waals surface area contributed by atoms with Crippen molar-refractivity contribution in [2.45, 2.75) is 70.1 Å². The zero-order valence-electron chi connectivity index (χ0n) is 20.8. The smallest absolute Gasteiger partial charge is 0.326 e. The Hall–Kier alpha value is -4.00. The van der Waals surface area contributed by atoms with Gasteiger partial charge >= 0.3 is 11.9 Å². The predicted molar refractivity (Wildman–Crippen MR) is 132 cm³/mol. The topological polar surface area (TPSA) is 231 Å². The second-order valence-electron chi connectivity index (χ2n) is 8.92. The molecule has 9 N–H and O–H groups in total. The second-order valence-corrected chi connectivity index (χ2v) is 8.92. The average Bonchev–Trinajstić information content (AvgIpc) is 2.82. The highest BCUT2D eigenvalue weighted by molar-refractivity contribution is 5.94. The maximum Gasteiger partial charge on any atom is 0.326 e. The van der Waals surface area contributed by atoms with Gasteiger partial charge in [0.05, 0.1) is 6.04 Å². The Kier molecular flexibility index (Phi) is 12.7. The molecule has 0 saturated carbocycles. The molecule has 0 aromatic heterocycles. The minimum Gasteiger partial charge on any atom is -0.481 e. The van der Waals surface area contributed by atoms with Gasteiger partial charge in [-0.15, -0.1) is 0 Å². The maximum absolute atomic E-state index is 13.0. The van der Waals surface area contributed by atoms with E-state index in [1.165, 1.54) is 0 Å². The number of benzene rings is 1. The summed E-state index contributed by atoms with van der Waals surface area (Å²) in [5.41, 5.74) is 11.6. The average molecular weight is 522 g/mol. The highest BCUT2D eigenvalue weighted by Gasteiger charge is 2.32. The first-order chi connectivity index (χ1) is 17.3. The van der Waals surface area contributed by atoms with Crippen LogP contribution in [0.1, 0.15) is 45.1 Å². The molecule has 0 saturated heterocycles. The van der Waals surface area contributed by atoms with E-state index in [4.69, 9.17) is 16.6 Å². The molecule has 4 amide bonds. The fraction of sp³-hybridized carbons (Fsp3) is 0.500. The number of primary amides is 1. The van der Waals surface area contributed by atoms with Crippen LogP contribution in [0.3, 0.4) is 0 Å². The molecule has 0 spiro atoms. The molecule has 1 aromatic rings. The summed E-state index contributed by atoms with van der Waals surface area (Å²) >= 11 is 0. The van der Waals surface area contributed by atoms with E-state index in [2.05, 4.69) is 16.0 Å². The van der Waals surface area contributed by atoms with Crippen molar-refractivity contribution >= 4 is 35.6 Å². The summed E-state index contributed by atoms with van der Waals surface area (Å²) in [6.07, 6.45) is -0.974. The molecule has 13 heteroatoms. The van der Waals surface area contributed by atoms with Crippen LogP contribution < -0.4 is 27.4 Å². The molecular formula is C24H35N5O8. The Morgan fingerprint density at radius 2 is 1.41 bits per heavy atom. The van der Waals surface area contributed by atoms with Crippen molar-refractivity contribution in [3.05, 3.63) is 35.9 Å². The summed E-state index contributed by atoms with van der Waals surface area (Å²) in [7, 11) is 0. The number of carboxylic acid groups (broad SMARTS) is 2. The maximum atomic E-state index is 13.0. The van der Waals surface area contributed by atoms with Crippen LogP contribution in [-0.4, -0.2) is 69.9 Å². The molecule has 1 aromatic carbocycles. The van der Waals surface area contributed by atoms with Gasteiger partial charge in [0.1, 0.15) is 18.1 Å². The van der Waals surface area contributed by atoms with Crippen molar-refractivity contribution in [2.24, 2.45) is 17.4 Å². The molecule has 37 heavy (non-hydrogen) atoms. The van der Waals surface area contributed by atoms with E-state index in [0.29, 0.717) is 5.56 Å². The zero-order chi connectivity index (χ0) is 28.1. The van der Waals surface area contributed by atoms with Crippen LogP contribution >= 0.6 is 0 Å². The van der Waals surface area contributed by atoms with Crippen LogP contribution in [0.25, 0.3) is 0 Å². The van der Waals surface area contributed by atoms with E-state index in [0.717, 1.165) is 0 Å². The monoisotopic (exact) mass is 521 g/mol. The SMILES string of the molecule is CC(C)C(NC(=O)C(N)CCC(=O)O)C(=O)NC(CCC(N)=O)C(=O)NC(Cc1ccccc1)C(=O)O. The van der Waals surface area contributed by atoms with Crippen LogP contribution in [0.15, 0.2) is 30.3 Å². The molecule has 0 aliphatic heterocycles. The number of carboxylic acids is 2. The molecule has 1 rings (SSSR count). The summed E-state index contributed by atoms with van der Waals surface area (Å²) in [6.45, 7) is 3.26. The normalized spacial score (nSPS) is 14.1. The molecule has 0 aliphatic carbocycles. The zero-order valence-corrected chi connectivity index (χ0v) is 20.8. The fourth-order valence-corrected chi connectivity index (χ4v) is 3.34. The lowest BCUT2D eigenvalue weighted by molar-refractivity contribution is -0.142. The van der Waals surface area contributed by atoms with Gasteiger partial charge in [-0.05, 0) is 24.3 Å². The van der Waals surface area contributed by atoms with Crippen molar-refractivity contribution in [3.8, 4) is 0 Å². The number of aliphatic carboxylic acids is 2. The Morgan fingerprint density at radius 1 is 0.811 bits per heavy atom.